The predicted octanol–water partition coefficient (Wildman–Crippen LogP) is 3.89. The number of aryl methyl sites for hydroxylation is 1. The second-order valence-electron chi connectivity index (χ2n) is 5.14. The van der Waals surface area contributed by atoms with Crippen molar-refractivity contribution in [1.29, 1.82) is 0 Å². The van der Waals surface area contributed by atoms with E-state index in [9.17, 15) is 9.90 Å². The third-order valence-corrected chi connectivity index (χ3v) is 3.77. The first kappa shape index (κ1) is 16.2. The molecule has 0 spiro atoms. The highest BCUT2D eigenvalue weighted by molar-refractivity contribution is 7.89. The van der Waals surface area contributed by atoms with Gasteiger partial charge in [-0.3, -0.25) is 4.55 Å². The van der Waals surface area contributed by atoms with Gasteiger partial charge in [0.1, 0.15) is 29.4 Å². The van der Waals surface area contributed by atoms with Gasteiger partial charge in [0.15, 0.2) is 0 Å². The number of hydrogen-bond donors (Lipinski definition) is 2. The highest BCUT2D eigenvalue weighted by atomic mass is 32.2. The first-order chi connectivity index (χ1) is 11.6. The molecule has 0 aliphatic rings. The molecule has 2 aromatic carbocycles. The Kier molecular flexibility index (Phi) is 4.64. The average molecular weight is 346 g/mol. The number of hydrogen-bond acceptors (Lipinski definition) is 7. The summed E-state index contributed by atoms with van der Waals surface area (Å²) in [6.45, 7) is 1.96. The van der Waals surface area contributed by atoms with Crippen LogP contribution in [0.15, 0.2) is 51.7 Å². The lowest BCUT2D eigenvalue weighted by Crippen LogP contribution is -1.99. The van der Waals surface area contributed by atoms with Crippen LogP contribution < -0.4 is 14.5 Å². The van der Waals surface area contributed by atoms with Crippen LogP contribution in [0.4, 0.5) is 0 Å². The third-order valence-electron chi connectivity index (χ3n) is 3.51. The SMILES string of the molecule is Cc1cc(=O)oc2cc(OCc3ccc(OSO)cc3O)ccc12. The van der Waals surface area contributed by atoms with Crippen LogP contribution in [0.3, 0.4) is 0 Å². The molecule has 1 aromatic heterocycles. The molecule has 3 rings (SSSR count). The van der Waals surface area contributed by atoms with E-state index >= 15 is 0 Å². The maximum absolute atomic E-state index is 11.5. The zero-order chi connectivity index (χ0) is 17.1. The standard InChI is InChI=1S/C17H14O6S/c1-10-6-17(19)22-16-8-12(4-5-14(10)16)21-9-11-2-3-13(23-24-20)7-15(11)18/h2-8,18,20H,9H2,1H3. The van der Waals surface area contributed by atoms with Crippen LogP contribution in [0.5, 0.6) is 17.2 Å². The molecule has 124 valence electrons. The molecule has 0 aliphatic carbocycles. The van der Waals surface area contributed by atoms with Crippen molar-refractivity contribution in [2.75, 3.05) is 0 Å². The molecule has 0 fully saturated rings. The maximum Gasteiger partial charge on any atom is 0.336 e. The lowest BCUT2D eigenvalue weighted by atomic mass is 10.1. The molecule has 0 unspecified atom stereocenters. The fraction of sp³-hybridized carbons (Fsp3) is 0.118. The van der Waals surface area contributed by atoms with Crippen LogP contribution in [0.2, 0.25) is 0 Å². The zero-order valence-electron chi connectivity index (χ0n) is 12.7. The van der Waals surface area contributed by atoms with Gasteiger partial charge in [-0.15, -0.1) is 0 Å². The molecule has 0 amide bonds. The molecule has 0 saturated heterocycles. The second-order valence-corrected chi connectivity index (χ2v) is 5.46. The molecule has 2 N–H and O–H groups in total. The first-order valence-electron chi connectivity index (χ1n) is 7.04. The quantitative estimate of drug-likeness (QED) is 0.535. The molecule has 0 atom stereocenters. The van der Waals surface area contributed by atoms with E-state index in [4.69, 9.17) is 17.9 Å². The Labute approximate surface area is 141 Å². The number of rotatable bonds is 5. The van der Waals surface area contributed by atoms with E-state index in [0.29, 0.717) is 22.6 Å². The summed E-state index contributed by atoms with van der Waals surface area (Å²) in [6.07, 6.45) is 0. The Hall–Kier alpha value is -2.64. The van der Waals surface area contributed by atoms with Crippen LogP contribution in [0.1, 0.15) is 11.1 Å². The maximum atomic E-state index is 11.5. The van der Waals surface area contributed by atoms with Crippen molar-refractivity contribution in [3.63, 3.8) is 0 Å². The number of aromatic hydroxyl groups is 1. The van der Waals surface area contributed by atoms with Gasteiger partial charge in [-0.25, -0.2) is 4.79 Å². The molecule has 0 saturated carbocycles. The molecule has 24 heavy (non-hydrogen) atoms. The zero-order valence-corrected chi connectivity index (χ0v) is 13.5. The van der Waals surface area contributed by atoms with Crippen molar-refractivity contribution in [2.45, 2.75) is 13.5 Å². The summed E-state index contributed by atoms with van der Waals surface area (Å²) in [5.41, 5.74) is 1.43. The lowest BCUT2D eigenvalue weighted by molar-refractivity contribution is 0.299. The van der Waals surface area contributed by atoms with Gasteiger partial charge in [0, 0.05) is 29.1 Å². The van der Waals surface area contributed by atoms with E-state index in [0.717, 1.165) is 10.9 Å². The number of ether oxygens (including phenoxy) is 1. The Morgan fingerprint density at radius 1 is 1.12 bits per heavy atom. The number of fused-ring (bicyclic) bond motifs is 1. The molecule has 6 nitrogen and oxygen atoms in total. The van der Waals surface area contributed by atoms with Gasteiger partial charge in [0.2, 0.25) is 12.3 Å². The highest BCUT2D eigenvalue weighted by Crippen LogP contribution is 2.27. The summed E-state index contributed by atoms with van der Waals surface area (Å²) in [5.74, 6) is 0.832. The minimum Gasteiger partial charge on any atom is -0.507 e. The number of phenols is 1. The average Bonchev–Trinajstić information content (AvgIpc) is 2.54. The minimum absolute atomic E-state index is 0.00952. The van der Waals surface area contributed by atoms with Crippen LogP contribution in [-0.2, 0) is 6.61 Å². The van der Waals surface area contributed by atoms with Crippen molar-refractivity contribution in [1.82, 2.24) is 0 Å². The van der Waals surface area contributed by atoms with Gasteiger partial charge in [-0.2, -0.15) is 0 Å². The monoisotopic (exact) mass is 346 g/mol. The lowest BCUT2D eigenvalue weighted by Gasteiger charge is -2.10. The van der Waals surface area contributed by atoms with Crippen LogP contribution in [-0.4, -0.2) is 9.66 Å². The summed E-state index contributed by atoms with van der Waals surface area (Å²) in [5, 5.41) is 10.8. The topological polar surface area (TPSA) is 89.1 Å². The van der Waals surface area contributed by atoms with Gasteiger partial charge in [0.25, 0.3) is 0 Å². The van der Waals surface area contributed by atoms with Crippen molar-refractivity contribution < 1.29 is 23.0 Å². The van der Waals surface area contributed by atoms with E-state index in [1.807, 2.05) is 13.0 Å². The van der Waals surface area contributed by atoms with Gasteiger partial charge >= 0.3 is 5.63 Å². The molecule has 0 bridgehead atoms. The van der Waals surface area contributed by atoms with E-state index in [2.05, 4.69) is 0 Å². The van der Waals surface area contributed by atoms with Crippen molar-refractivity contribution >= 4 is 23.3 Å². The predicted molar refractivity (Wildman–Crippen MR) is 90.5 cm³/mol. The minimum atomic E-state index is -0.410. The Morgan fingerprint density at radius 3 is 2.67 bits per heavy atom. The van der Waals surface area contributed by atoms with Crippen LogP contribution in [0, 0.1) is 6.92 Å². The fourth-order valence-electron chi connectivity index (χ4n) is 2.32. The number of benzene rings is 2. The summed E-state index contributed by atoms with van der Waals surface area (Å²) < 4.78 is 24.2. The molecular formula is C17H14O6S. The second kappa shape index (κ2) is 6.86. The summed E-state index contributed by atoms with van der Waals surface area (Å²) >= 11 is 0.205. The molecular weight excluding hydrogens is 332 g/mol. The fourth-order valence-corrected chi connectivity index (χ4v) is 2.51. The van der Waals surface area contributed by atoms with E-state index < -0.39 is 5.63 Å². The van der Waals surface area contributed by atoms with E-state index in [1.54, 1.807) is 24.3 Å². The van der Waals surface area contributed by atoms with E-state index in [1.165, 1.54) is 12.1 Å². The smallest absolute Gasteiger partial charge is 0.336 e. The van der Waals surface area contributed by atoms with Gasteiger partial charge < -0.3 is 18.4 Å². The summed E-state index contributed by atoms with van der Waals surface area (Å²) in [6, 6.07) is 11.3. The molecule has 3 aromatic rings. The molecule has 7 heteroatoms. The van der Waals surface area contributed by atoms with Gasteiger partial charge in [0.05, 0.1) is 0 Å². The van der Waals surface area contributed by atoms with E-state index in [-0.39, 0.29) is 24.7 Å². The van der Waals surface area contributed by atoms with Gasteiger partial charge in [-0.05, 0) is 36.8 Å². The summed E-state index contributed by atoms with van der Waals surface area (Å²) in [4.78, 5) is 11.5. The number of phenolic OH excluding ortho intramolecular Hbond substituents is 1. The van der Waals surface area contributed by atoms with Crippen molar-refractivity contribution in [3.8, 4) is 17.2 Å². The molecule has 0 aliphatic heterocycles. The normalized spacial score (nSPS) is 10.8. The van der Waals surface area contributed by atoms with Crippen molar-refractivity contribution in [3.05, 3.63) is 64.0 Å². The van der Waals surface area contributed by atoms with Crippen LogP contribution in [0.25, 0.3) is 11.0 Å². The highest BCUT2D eigenvalue weighted by Gasteiger charge is 2.07. The van der Waals surface area contributed by atoms with Crippen molar-refractivity contribution in [2.24, 2.45) is 0 Å². The largest absolute Gasteiger partial charge is 0.507 e. The Morgan fingerprint density at radius 2 is 1.92 bits per heavy atom. The molecule has 1 heterocycles. The van der Waals surface area contributed by atoms with Crippen LogP contribution >= 0.6 is 12.3 Å². The molecule has 0 radical (unpaired) electrons. The third kappa shape index (κ3) is 3.47. The summed E-state index contributed by atoms with van der Waals surface area (Å²) in [7, 11) is 0. The van der Waals surface area contributed by atoms with Gasteiger partial charge in [-0.1, -0.05) is 0 Å². The first-order valence-corrected chi connectivity index (χ1v) is 7.74. The Bertz CT molecular complexity index is 934. The Balaban J connectivity index is 1.79.